The molecule has 1 aromatic carbocycles. The van der Waals surface area contributed by atoms with Gasteiger partial charge in [-0.1, -0.05) is 11.3 Å². The highest BCUT2D eigenvalue weighted by Gasteiger charge is 2.16. The summed E-state index contributed by atoms with van der Waals surface area (Å²) in [6, 6.07) is 5.81. The number of aliphatic hydroxyl groups excluding tert-OH is 1. The van der Waals surface area contributed by atoms with Crippen LogP contribution in [-0.2, 0) is 6.54 Å². The smallest absolute Gasteiger partial charge is 0.315 e. The predicted octanol–water partition coefficient (Wildman–Crippen LogP) is 3.84. The average Bonchev–Trinajstić information content (AvgIpc) is 3.25. The number of amides is 2. The highest BCUT2D eigenvalue weighted by atomic mass is 32.1. The molecular formula is C23H30FN7O2S. The van der Waals surface area contributed by atoms with Gasteiger partial charge in [0.15, 0.2) is 5.13 Å². The molecule has 0 aliphatic heterocycles. The molecule has 0 unspecified atom stereocenters. The fourth-order valence-electron chi connectivity index (χ4n) is 3.11. The minimum Gasteiger partial charge on any atom is -0.394 e. The molecule has 2 aromatic heterocycles. The van der Waals surface area contributed by atoms with Gasteiger partial charge in [-0.2, -0.15) is 0 Å². The van der Waals surface area contributed by atoms with Crippen LogP contribution in [0.2, 0.25) is 0 Å². The van der Waals surface area contributed by atoms with E-state index in [1.807, 2.05) is 33.8 Å². The Morgan fingerprint density at radius 2 is 1.88 bits per heavy atom. The van der Waals surface area contributed by atoms with Crippen molar-refractivity contribution < 1.29 is 14.3 Å². The molecule has 0 radical (unpaired) electrons. The second-order valence-electron chi connectivity index (χ2n) is 8.03. The van der Waals surface area contributed by atoms with E-state index in [0.29, 0.717) is 35.0 Å². The van der Waals surface area contributed by atoms with Crippen LogP contribution in [-0.4, -0.2) is 51.3 Å². The molecular weight excluding hydrogens is 457 g/mol. The number of aromatic nitrogens is 3. The van der Waals surface area contributed by atoms with Crippen LogP contribution in [0.5, 0.6) is 0 Å². The maximum absolute atomic E-state index is 14.1. The Kier molecular flexibility index (Phi) is 8.72. The van der Waals surface area contributed by atoms with Crippen LogP contribution >= 0.6 is 11.3 Å². The molecule has 0 aliphatic carbocycles. The number of benzene rings is 1. The zero-order valence-corrected chi connectivity index (χ0v) is 20.5. The quantitative estimate of drug-likeness (QED) is 0.294. The number of aliphatic hydroxyl groups is 1. The number of nitrogens with zero attached hydrogens (tertiary/aromatic N) is 3. The van der Waals surface area contributed by atoms with E-state index in [1.165, 1.54) is 23.5 Å². The highest BCUT2D eigenvalue weighted by Crippen LogP contribution is 2.32. The summed E-state index contributed by atoms with van der Waals surface area (Å²) in [4.78, 5) is 26.4. The summed E-state index contributed by atoms with van der Waals surface area (Å²) in [5.74, 6) is -0.0855. The number of nitrogens with one attached hydrogen (secondary N) is 4. The Labute approximate surface area is 202 Å². The van der Waals surface area contributed by atoms with Crippen molar-refractivity contribution in [2.24, 2.45) is 0 Å². The van der Waals surface area contributed by atoms with Crippen molar-refractivity contribution in [1.29, 1.82) is 0 Å². The maximum Gasteiger partial charge on any atom is 0.315 e. The molecule has 0 spiro atoms. The fourth-order valence-corrected chi connectivity index (χ4v) is 4.03. The predicted molar refractivity (Wildman–Crippen MR) is 133 cm³/mol. The van der Waals surface area contributed by atoms with Crippen LogP contribution < -0.4 is 21.3 Å². The van der Waals surface area contributed by atoms with Crippen molar-refractivity contribution in [1.82, 2.24) is 25.6 Å². The van der Waals surface area contributed by atoms with Gasteiger partial charge in [0, 0.05) is 36.9 Å². The molecule has 2 heterocycles. The highest BCUT2D eigenvalue weighted by molar-refractivity contribution is 7.18. The molecule has 34 heavy (non-hydrogen) atoms. The van der Waals surface area contributed by atoms with Crippen molar-refractivity contribution in [2.75, 3.05) is 23.8 Å². The summed E-state index contributed by atoms with van der Waals surface area (Å²) in [5.41, 5.74) is 2.42. The molecule has 182 valence electrons. The van der Waals surface area contributed by atoms with E-state index in [1.54, 1.807) is 12.3 Å². The molecule has 3 aromatic rings. The molecule has 0 fully saturated rings. The number of carbonyl (C=O) groups is 1. The van der Waals surface area contributed by atoms with Gasteiger partial charge in [0.2, 0.25) is 5.95 Å². The van der Waals surface area contributed by atoms with Crippen LogP contribution in [0, 0.1) is 5.82 Å². The van der Waals surface area contributed by atoms with E-state index in [0.717, 1.165) is 10.0 Å². The molecule has 1 atom stereocenters. The van der Waals surface area contributed by atoms with E-state index in [9.17, 15) is 14.3 Å². The lowest BCUT2D eigenvalue weighted by Gasteiger charge is -2.15. The molecule has 0 saturated heterocycles. The standard InChI is InChI=1S/C23H30FN7O2S/c1-5-25-22(33)26-10-15-8-16(24)6-7-17(15)18-9-19(31-21(30-18)29-14(4)12-32)20-11-27-23(34-20)28-13(2)3/h6-9,11,13-14,32H,5,10,12H2,1-4H3,(H,27,28)(H2,25,26,33)(H,29,30,31)/t14-/m0/s1. The number of hydrogen-bond donors (Lipinski definition) is 5. The zero-order valence-electron chi connectivity index (χ0n) is 19.6. The lowest BCUT2D eigenvalue weighted by molar-refractivity contribution is 0.241. The number of carbonyl (C=O) groups excluding carboxylic acids is 1. The lowest BCUT2D eigenvalue weighted by atomic mass is 10.0. The monoisotopic (exact) mass is 487 g/mol. The SMILES string of the molecule is CCNC(=O)NCc1cc(F)ccc1-c1cc(-c2cnc(NC(C)C)s2)nc(N[C@@H](C)CO)n1. The summed E-state index contributed by atoms with van der Waals surface area (Å²) in [6.45, 7) is 8.21. The van der Waals surface area contributed by atoms with Gasteiger partial charge in [-0.05, 0) is 57.5 Å². The molecule has 0 bridgehead atoms. The summed E-state index contributed by atoms with van der Waals surface area (Å²) in [6.07, 6.45) is 1.74. The van der Waals surface area contributed by atoms with Gasteiger partial charge in [0.25, 0.3) is 0 Å². The van der Waals surface area contributed by atoms with E-state index in [2.05, 4.69) is 36.2 Å². The van der Waals surface area contributed by atoms with Gasteiger partial charge in [0.1, 0.15) is 5.82 Å². The van der Waals surface area contributed by atoms with E-state index in [-0.39, 0.29) is 31.3 Å². The summed E-state index contributed by atoms with van der Waals surface area (Å²) >= 11 is 1.46. The van der Waals surface area contributed by atoms with Gasteiger partial charge >= 0.3 is 6.03 Å². The number of urea groups is 1. The lowest BCUT2D eigenvalue weighted by Crippen LogP contribution is -2.34. The Bertz CT molecular complexity index is 1120. The van der Waals surface area contributed by atoms with Gasteiger partial charge in [-0.25, -0.2) is 24.1 Å². The molecule has 11 heteroatoms. The zero-order chi connectivity index (χ0) is 24.7. The Morgan fingerprint density at radius 1 is 1.12 bits per heavy atom. The largest absolute Gasteiger partial charge is 0.394 e. The third-order valence-electron chi connectivity index (χ3n) is 4.67. The van der Waals surface area contributed by atoms with Crippen molar-refractivity contribution >= 4 is 28.4 Å². The minimum absolute atomic E-state index is 0.0931. The third-order valence-corrected chi connectivity index (χ3v) is 5.62. The molecule has 2 amide bonds. The maximum atomic E-state index is 14.1. The summed E-state index contributed by atoms with van der Waals surface area (Å²) in [7, 11) is 0. The van der Waals surface area contributed by atoms with E-state index in [4.69, 9.17) is 0 Å². The minimum atomic E-state index is -0.412. The van der Waals surface area contributed by atoms with Crippen molar-refractivity contribution in [3.8, 4) is 21.8 Å². The van der Waals surface area contributed by atoms with Crippen molar-refractivity contribution in [3.63, 3.8) is 0 Å². The molecule has 5 N–H and O–H groups in total. The number of thiazole rings is 1. The summed E-state index contributed by atoms with van der Waals surface area (Å²) in [5, 5.41) is 22.0. The first-order valence-corrected chi connectivity index (χ1v) is 11.9. The first-order chi connectivity index (χ1) is 16.3. The van der Waals surface area contributed by atoms with Gasteiger partial charge < -0.3 is 26.4 Å². The number of halogens is 1. The van der Waals surface area contributed by atoms with Crippen LogP contribution in [0.1, 0.15) is 33.3 Å². The number of hydrogen-bond acceptors (Lipinski definition) is 8. The van der Waals surface area contributed by atoms with Crippen molar-refractivity contribution in [2.45, 2.75) is 46.3 Å². The number of anilines is 2. The molecule has 0 aliphatic rings. The topological polar surface area (TPSA) is 124 Å². The van der Waals surface area contributed by atoms with Crippen molar-refractivity contribution in [3.05, 3.63) is 41.8 Å². The van der Waals surface area contributed by atoms with E-state index < -0.39 is 5.82 Å². The second kappa shape index (κ2) is 11.7. The van der Waals surface area contributed by atoms with Gasteiger partial charge in [0.05, 0.1) is 22.9 Å². The normalized spacial score (nSPS) is 11.9. The first kappa shape index (κ1) is 25.3. The fraction of sp³-hybridized carbons (Fsp3) is 0.391. The van der Waals surface area contributed by atoms with Crippen LogP contribution in [0.15, 0.2) is 30.5 Å². The average molecular weight is 488 g/mol. The summed E-state index contributed by atoms with van der Waals surface area (Å²) < 4.78 is 14.1. The Hall–Kier alpha value is -3.31. The van der Waals surface area contributed by atoms with E-state index >= 15 is 0 Å². The molecule has 9 nitrogen and oxygen atoms in total. The molecule has 0 saturated carbocycles. The second-order valence-corrected chi connectivity index (χ2v) is 9.06. The van der Waals surface area contributed by atoms with Crippen LogP contribution in [0.3, 0.4) is 0 Å². The van der Waals surface area contributed by atoms with Gasteiger partial charge in [-0.3, -0.25) is 0 Å². The molecule has 3 rings (SSSR count). The van der Waals surface area contributed by atoms with Gasteiger partial charge in [-0.15, -0.1) is 0 Å². The Morgan fingerprint density at radius 3 is 2.59 bits per heavy atom. The third kappa shape index (κ3) is 6.84. The van der Waals surface area contributed by atoms with Crippen LogP contribution in [0.4, 0.5) is 20.3 Å². The van der Waals surface area contributed by atoms with Crippen LogP contribution in [0.25, 0.3) is 21.8 Å². The Balaban J connectivity index is 2.03. The number of rotatable bonds is 10. The first-order valence-electron chi connectivity index (χ1n) is 11.1.